The average Bonchev–Trinajstić information content (AvgIpc) is 2.39. The Morgan fingerprint density at radius 1 is 1.28 bits per heavy atom. The van der Waals surface area contributed by atoms with Crippen LogP contribution in [0.2, 0.25) is 0 Å². The number of benzene rings is 1. The summed E-state index contributed by atoms with van der Waals surface area (Å²) in [5.41, 5.74) is 2.49. The van der Waals surface area contributed by atoms with Gasteiger partial charge in [0.1, 0.15) is 5.75 Å². The molecule has 1 aromatic rings. The normalized spacial score (nSPS) is 13.4. The monoisotopic (exact) mass is 250 g/mol. The van der Waals surface area contributed by atoms with E-state index in [1.54, 1.807) is 7.11 Å². The third-order valence-corrected chi connectivity index (χ3v) is 3.67. The number of rotatable bonds is 6. The molecule has 2 N–H and O–H groups in total. The van der Waals surface area contributed by atoms with Crippen molar-refractivity contribution in [3.63, 3.8) is 0 Å². The summed E-state index contributed by atoms with van der Waals surface area (Å²) in [5.74, 6) is 0.940. The Hall–Kier alpha value is -1.06. The molecule has 1 aromatic carbocycles. The van der Waals surface area contributed by atoms with Crippen molar-refractivity contribution in [3.05, 3.63) is 29.3 Å². The summed E-state index contributed by atoms with van der Waals surface area (Å²) >= 11 is 0. The maximum atomic E-state index is 5.50. The lowest BCUT2D eigenvalue weighted by molar-refractivity contribution is 0.300. The van der Waals surface area contributed by atoms with Crippen molar-refractivity contribution < 1.29 is 4.74 Å². The Balaban J connectivity index is 3.26. The van der Waals surface area contributed by atoms with Crippen LogP contribution in [0.25, 0.3) is 0 Å². The molecule has 0 aliphatic heterocycles. The van der Waals surface area contributed by atoms with Gasteiger partial charge in [-0.05, 0) is 46.0 Å². The standard InChI is InChI=1S/C15H26N2O/c1-7-11-8-9-13(18-6)12(10-11)14(16-4)15(2,3)17-5/h8-10,14,16-17H,7H2,1-6H3. The molecule has 0 bridgehead atoms. The third kappa shape index (κ3) is 3.03. The smallest absolute Gasteiger partial charge is 0.123 e. The van der Waals surface area contributed by atoms with Crippen LogP contribution in [0.1, 0.15) is 37.9 Å². The molecule has 0 aliphatic rings. The van der Waals surface area contributed by atoms with Crippen molar-refractivity contribution in [2.45, 2.75) is 38.8 Å². The first-order valence-electron chi connectivity index (χ1n) is 6.53. The Kier molecular flexibility index (Phi) is 5.17. The summed E-state index contributed by atoms with van der Waals surface area (Å²) < 4.78 is 5.50. The zero-order valence-electron chi connectivity index (χ0n) is 12.4. The summed E-state index contributed by atoms with van der Waals surface area (Å²) in [6.45, 7) is 6.54. The minimum Gasteiger partial charge on any atom is -0.496 e. The first kappa shape index (κ1) is 15.0. The highest BCUT2D eigenvalue weighted by Crippen LogP contribution is 2.32. The van der Waals surface area contributed by atoms with Crippen molar-refractivity contribution in [1.29, 1.82) is 0 Å². The fourth-order valence-corrected chi connectivity index (χ4v) is 2.28. The van der Waals surface area contributed by atoms with E-state index in [0.717, 1.165) is 12.2 Å². The quantitative estimate of drug-likeness (QED) is 0.814. The van der Waals surface area contributed by atoms with Gasteiger partial charge < -0.3 is 15.4 Å². The number of hydrogen-bond acceptors (Lipinski definition) is 3. The lowest BCUT2D eigenvalue weighted by atomic mass is 9.87. The van der Waals surface area contributed by atoms with E-state index in [1.165, 1.54) is 11.1 Å². The van der Waals surface area contributed by atoms with E-state index < -0.39 is 0 Å². The van der Waals surface area contributed by atoms with E-state index in [-0.39, 0.29) is 11.6 Å². The summed E-state index contributed by atoms with van der Waals surface area (Å²) in [4.78, 5) is 0. The number of aryl methyl sites for hydroxylation is 1. The highest BCUT2D eigenvalue weighted by atomic mass is 16.5. The maximum Gasteiger partial charge on any atom is 0.123 e. The molecule has 0 aromatic heterocycles. The fourth-order valence-electron chi connectivity index (χ4n) is 2.28. The van der Waals surface area contributed by atoms with E-state index in [1.807, 2.05) is 14.1 Å². The molecule has 0 aliphatic carbocycles. The second-order valence-corrected chi connectivity index (χ2v) is 5.12. The Labute approximate surface area is 111 Å². The largest absolute Gasteiger partial charge is 0.496 e. The van der Waals surface area contributed by atoms with Crippen LogP contribution in [0.5, 0.6) is 5.75 Å². The molecule has 102 valence electrons. The van der Waals surface area contributed by atoms with Crippen LogP contribution < -0.4 is 15.4 Å². The molecule has 0 spiro atoms. The van der Waals surface area contributed by atoms with Crippen LogP contribution in [0, 0.1) is 0 Å². The number of nitrogens with one attached hydrogen (secondary N) is 2. The molecule has 0 saturated carbocycles. The first-order valence-corrected chi connectivity index (χ1v) is 6.53. The van der Waals surface area contributed by atoms with E-state index in [2.05, 4.69) is 49.6 Å². The highest BCUT2D eigenvalue weighted by molar-refractivity contribution is 5.41. The van der Waals surface area contributed by atoms with E-state index >= 15 is 0 Å². The molecule has 18 heavy (non-hydrogen) atoms. The van der Waals surface area contributed by atoms with Crippen molar-refractivity contribution in [3.8, 4) is 5.75 Å². The fraction of sp³-hybridized carbons (Fsp3) is 0.600. The molecule has 0 saturated heterocycles. The van der Waals surface area contributed by atoms with Gasteiger partial charge in [0.15, 0.2) is 0 Å². The molecule has 0 radical (unpaired) electrons. The van der Waals surface area contributed by atoms with Crippen molar-refractivity contribution >= 4 is 0 Å². The van der Waals surface area contributed by atoms with Crippen LogP contribution in [0.3, 0.4) is 0 Å². The van der Waals surface area contributed by atoms with Crippen molar-refractivity contribution in [1.82, 2.24) is 10.6 Å². The minimum absolute atomic E-state index is 0.0472. The van der Waals surface area contributed by atoms with Crippen LogP contribution in [0.15, 0.2) is 18.2 Å². The van der Waals surface area contributed by atoms with Gasteiger partial charge in [-0.25, -0.2) is 0 Å². The lowest BCUT2D eigenvalue weighted by Gasteiger charge is -2.35. The van der Waals surface area contributed by atoms with Gasteiger partial charge in [-0.2, -0.15) is 0 Å². The maximum absolute atomic E-state index is 5.50. The first-order chi connectivity index (χ1) is 8.50. The Morgan fingerprint density at radius 2 is 1.94 bits per heavy atom. The molecule has 3 heteroatoms. The van der Waals surface area contributed by atoms with Crippen molar-refractivity contribution in [2.24, 2.45) is 0 Å². The summed E-state index contributed by atoms with van der Waals surface area (Å²) in [6.07, 6.45) is 1.04. The Morgan fingerprint density at radius 3 is 2.39 bits per heavy atom. The highest BCUT2D eigenvalue weighted by Gasteiger charge is 2.30. The number of ether oxygens (including phenoxy) is 1. The molecule has 0 heterocycles. The summed E-state index contributed by atoms with van der Waals surface area (Å²) in [6, 6.07) is 6.62. The average molecular weight is 250 g/mol. The van der Waals surface area contributed by atoms with E-state index in [9.17, 15) is 0 Å². The van der Waals surface area contributed by atoms with Gasteiger partial charge in [-0.15, -0.1) is 0 Å². The predicted octanol–water partition coefficient (Wildman–Crippen LogP) is 2.52. The van der Waals surface area contributed by atoms with Gasteiger partial charge >= 0.3 is 0 Å². The second-order valence-electron chi connectivity index (χ2n) is 5.12. The van der Waals surface area contributed by atoms with Crippen LogP contribution in [0.4, 0.5) is 0 Å². The number of hydrogen-bond donors (Lipinski definition) is 2. The van der Waals surface area contributed by atoms with Crippen LogP contribution in [-0.2, 0) is 6.42 Å². The third-order valence-electron chi connectivity index (χ3n) is 3.67. The molecule has 1 rings (SSSR count). The molecular weight excluding hydrogens is 224 g/mol. The zero-order valence-corrected chi connectivity index (χ0v) is 12.4. The number of methoxy groups -OCH3 is 1. The Bertz CT molecular complexity index is 388. The molecule has 0 fully saturated rings. The van der Waals surface area contributed by atoms with E-state index in [0.29, 0.717) is 0 Å². The van der Waals surface area contributed by atoms with Gasteiger partial charge in [0.05, 0.1) is 13.2 Å². The van der Waals surface area contributed by atoms with Gasteiger partial charge in [0.2, 0.25) is 0 Å². The van der Waals surface area contributed by atoms with Gasteiger partial charge in [0, 0.05) is 11.1 Å². The lowest BCUT2D eigenvalue weighted by Crippen LogP contribution is -2.47. The number of likely N-dealkylation sites (N-methyl/N-ethyl adjacent to an activating group) is 2. The van der Waals surface area contributed by atoms with E-state index in [4.69, 9.17) is 4.74 Å². The molecule has 3 nitrogen and oxygen atoms in total. The van der Waals surface area contributed by atoms with Crippen LogP contribution >= 0.6 is 0 Å². The topological polar surface area (TPSA) is 33.3 Å². The molecule has 0 amide bonds. The molecule has 1 atom stereocenters. The predicted molar refractivity (Wildman–Crippen MR) is 77.3 cm³/mol. The molecule has 1 unspecified atom stereocenters. The zero-order chi connectivity index (χ0) is 13.8. The van der Waals surface area contributed by atoms with Crippen molar-refractivity contribution in [2.75, 3.05) is 21.2 Å². The summed E-state index contributed by atoms with van der Waals surface area (Å²) in [5, 5.41) is 6.75. The van der Waals surface area contributed by atoms with Gasteiger partial charge in [0.25, 0.3) is 0 Å². The molecular formula is C15H26N2O. The minimum atomic E-state index is -0.0472. The van der Waals surface area contributed by atoms with Gasteiger partial charge in [-0.1, -0.05) is 19.1 Å². The SMILES string of the molecule is CCc1ccc(OC)c(C(NC)C(C)(C)NC)c1. The van der Waals surface area contributed by atoms with Gasteiger partial charge in [-0.3, -0.25) is 0 Å². The van der Waals surface area contributed by atoms with Crippen LogP contribution in [-0.4, -0.2) is 26.7 Å². The summed E-state index contributed by atoms with van der Waals surface area (Å²) in [7, 11) is 5.70. The second kappa shape index (κ2) is 6.21.